The second-order valence-electron chi connectivity index (χ2n) is 8.85. The van der Waals surface area contributed by atoms with Crippen LogP contribution in [-0.4, -0.2) is 67.5 Å². The number of hydrogen-bond acceptors (Lipinski definition) is 7. The van der Waals surface area contributed by atoms with E-state index in [1.807, 2.05) is 36.4 Å². The lowest BCUT2D eigenvalue weighted by molar-refractivity contribution is -0.385. The summed E-state index contributed by atoms with van der Waals surface area (Å²) >= 11 is 0. The number of fused-ring (bicyclic) bond motifs is 1. The maximum Gasteiger partial charge on any atom is 0.288 e. The fourth-order valence-corrected chi connectivity index (χ4v) is 4.56. The molecule has 0 amide bonds. The molecule has 0 bridgehead atoms. The Kier molecular flexibility index (Phi) is 6.52. The fraction of sp³-hybridized carbons (Fsp3) is 0.259. The standard InChI is InChI=1S/C27H26FNO7/c28-19-12-15(9-10-18(19)16-5-2-1-3-6-16)11-17-13-29-20-7-4-8-21(23(17)20)36-27(34)25(32)24(31)22(14-30)35-26(27)33/h1-10,12-13,22,24-26,29-34H,11,14H2/t22-,24-,25+,26-,27+/m1/s1. The minimum atomic E-state index is -2.71. The molecule has 0 unspecified atom stereocenters. The van der Waals surface area contributed by atoms with E-state index in [9.17, 15) is 29.9 Å². The minimum Gasteiger partial charge on any atom is -0.454 e. The van der Waals surface area contributed by atoms with Gasteiger partial charge in [0.25, 0.3) is 5.79 Å². The van der Waals surface area contributed by atoms with E-state index in [1.165, 1.54) is 12.1 Å². The SMILES string of the molecule is OC[C@H]1O[C@@H](O)[C@@](O)(Oc2cccc3[nH]cc(Cc4ccc(-c5ccccc5)c(F)c4)c23)[C@@H](O)[C@@H]1O. The Morgan fingerprint density at radius 3 is 2.50 bits per heavy atom. The summed E-state index contributed by atoms with van der Waals surface area (Å²) in [5.41, 5.74) is 3.32. The summed E-state index contributed by atoms with van der Waals surface area (Å²) in [4.78, 5) is 3.10. The predicted molar refractivity (Wildman–Crippen MR) is 128 cm³/mol. The van der Waals surface area contributed by atoms with E-state index in [1.54, 1.807) is 24.4 Å². The summed E-state index contributed by atoms with van der Waals surface area (Å²) in [6, 6.07) is 19.2. The molecule has 0 radical (unpaired) electrons. The highest BCUT2D eigenvalue weighted by Gasteiger charge is 2.57. The van der Waals surface area contributed by atoms with Gasteiger partial charge in [0.05, 0.1) is 6.61 Å². The molecule has 9 heteroatoms. The number of hydrogen-bond donors (Lipinski definition) is 6. The van der Waals surface area contributed by atoms with Gasteiger partial charge in [0.2, 0.25) is 6.29 Å². The van der Waals surface area contributed by atoms with Crippen LogP contribution in [0.3, 0.4) is 0 Å². The first-order valence-electron chi connectivity index (χ1n) is 11.5. The van der Waals surface area contributed by atoms with Crippen LogP contribution in [0.5, 0.6) is 5.75 Å². The molecule has 1 saturated heterocycles. The van der Waals surface area contributed by atoms with Crippen LogP contribution in [0.2, 0.25) is 0 Å². The van der Waals surface area contributed by atoms with Crippen LogP contribution in [0.15, 0.2) is 72.9 Å². The van der Waals surface area contributed by atoms with Crippen LogP contribution in [-0.2, 0) is 11.2 Å². The molecule has 5 rings (SSSR count). The zero-order chi connectivity index (χ0) is 25.4. The summed E-state index contributed by atoms with van der Waals surface area (Å²) in [6.45, 7) is -0.678. The van der Waals surface area contributed by atoms with Crippen LogP contribution in [0.4, 0.5) is 4.39 Å². The summed E-state index contributed by atoms with van der Waals surface area (Å²) in [7, 11) is 0. The highest BCUT2D eigenvalue weighted by molar-refractivity contribution is 5.89. The van der Waals surface area contributed by atoms with Crippen molar-refractivity contribution in [1.29, 1.82) is 0 Å². The molecule has 188 valence electrons. The lowest BCUT2D eigenvalue weighted by Gasteiger charge is -2.45. The van der Waals surface area contributed by atoms with Crippen LogP contribution in [0.25, 0.3) is 22.0 Å². The molecule has 1 aliphatic heterocycles. The number of aromatic nitrogens is 1. The molecular weight excluding hydrogens is 469 g/mol. The summed E-state index contributed by atoms with van der Waals surface area (Å²) in [5, 5.41) is 51.8. The Morgan fingerprint density at radius 2 is 1.78 bits per heavy atom. The smallest absolute Gasteiger partial charge is 0.288 e. The van der Waals surface area contributed by atoms with Gasteiger partial charge in [-0.3, -0.25) is 0 Å². The molecular formula is C27H26FNO7. The molecule has 3 aromatic carbocycles. The molecule has 5 atom stereocenters. The highest BCUT2D eigenvalue weighted by atomic mass is 19.1. The zero-order valence-corrected chi connectivity index (χ0v) is 19.1. The van der Waals surface area contributed by atoms with E-state index < -0.39 is 37.0 Å². The van der Waals surface area contributed by atoms with Crippen molar-refractivity contribution >= 4 is 10.9 Å². The quantitative estimate of drug-likeness (QED) is 0.226. The molecule has 0 spiro atoms. The number of aliphatic hydroxyl groups excluding tert-OH is 4. The number of aromatic amines is 1. The van der Waals surface area contributed by atoms with Gasteiger partial charge in [0.15, 0.2) is 6.10 Å². The van der Waals surface area contributed by atoms with E-state index in [2.05, 4.69) is 4.98 Å². The lowest BCUT2D eigenvalue weighted by atomic mass is 9.95. The van der Waals surface area contributed by atoms with Crippen molar-refractivity contribution < 1.29 is 39.4 Å². The topological polar surface area (TPSA) is 135 Å². The molecule has 36 heavy (non-hydrogen) atoms. The molecule has 1 fully saturated rings. The largest absolute Gasteiger partial charge is 0.454 e. The Morgan fingerprint density at radius 1 is 1.00 bits per heavy atom. The summed E-state index contributed by atoms with van der Waals surface area (Å²) in [5.74, 6) is -2.97. The third-order valence-corrected chi connectivity index (χ3v) is 6.50. The van der Waals surface area contributed by atoms with Crippen LogP contribution in [0, 0.1) is 5.82 Å². The molecule has 6 N–H and O–H groups in total. The maximum absolute atomic E-state index is 14.9. The number of H-pyrrole nitrogens is 1. The average Bonchev–Trinajstić information content (AvgIpc) is 3.29. The summed E-state index contributed by atoms with van der Waals surface area (Å²) in [6.07, 6.45) is -4.99. The van der Waals surface area contributed by atoms with Gasteiger partial charge >= 0.3 is 0 Å². The average molecular weight is 496 g/mol. The van der Waals surface area contributed by atoms with E-state index in [0.29, 0.717) is 34.0 Å². The lowest BCUT2D eigenvalue weighted by Crippen LogP contribution is -2.69. The van der Waals surface area contributed by atoms with Gasteiger partial charge < -0.3 is 40.0 Å². The van der Waals surface area contributed by atoms with Crippen LogP contribution >= 0.6 is 0 Å². The normalized spacial score (nSPS) is 26.3. The summed E-state index contributed by atoms with van der Waals surface area (Å²) < 4.78 is 25.7. The highest BCUT2D eigenvalue weighted by Crippen LogP contribution is 2.37. The van der Waals surface area contributed by atoms with Gasteiger partial charge in [-0.15, -0.1) is 0 Å². The van der Waals surface area contributed by atoms with Gasteiger partial charge in [-0.2, -0.15) is 0 Å². The van der Waals surface area contributed by atoms with E-state index in [4.69, 9.17) is 9.47 Å². The first-order valence-corrected chi connectivity index (χ1v) is 11.5. The molecule has 0 aliphatic carbocycles. The fourth-order valence-electron chi connectivity index (χ4n) is 4.56. The Hall–Kier alpha value is -3.31. The minimum absolute atomic E-state index is 0.101. The second-order valence-corrected chi connectivity index (χ2v) is 8.85. The third-order valence-electron chi connectivity index (χ3n) is 6.50. The molecule has 0 saturated carbocycles. The van der Waals surface area contributed by atoms with Crippen molar-refractivity contribution in [3.05, 3.63) is 89.9 Å². The number of benzene rings is 3. The van der Waals surface area contributed by atoms with Crippen molar-refractivity contribution in [2.24, 2.45) is 0 Å². The molecule has 4 aromatic rings. The molecule has 2 heterocycles. The van der Waals surface area contributed by atoms with Gasteiger partial charge in [-0.1, -0.05) is 48.5 Å². The van der Waals surface area contributed by atoms with Crippen molar-refractivity contribution in [1.82, 2.24) is 4.98 Å². The van der Waals surface area contributed by atoms with Crippen molar-refractivity contribution in [3.8, 4) is 16.9 Å². The Balaban J connectivity index is 1.46. The van der Waals surface area contributed by atoms with Gasteiger partial charge in [-0.25, -0.2) is 4.39 Å². The van der Waals surface area contributed by atoms with Crippen molar-refractivity contribution in [2.45, 2.75) is 36.8 Å². The van der Waals surface area contributed by atoms with Crippen molar-refractivity contribution in [3.63, 3.8) is 0 Å². The van der Waals surface area contributed by atoms with Crippen LogP contribution < -0.4 is 4.74 Å². The first kappa shape index (κ1) is 24.4. The Labute approximate surface area is 205 Å². The van der Waals surface area contributed by atoms with Gasteiger partial charge in [0, 0.05) is 22.7 Å². The molecule has 1 aliphatic rings. The van der Waals surface area contributed by atoms with E-state index >= 15 is 0 Å². The van der Waals surface area contributed by atoms with E-state index in [-0.39, 0.29) is 11.6 Å². The monoisotopic (exact) mass is 495 g/mol. The van der Waals surface area contributed by atoms with Gasteiger partial charge in [0.1, 0.15) is 23.8 Å². The van der Waals surface area contributed by atoms with E-state index in [0.717, 1.165) is 5.56 Å². The number of nitrogens with one attached hydrogen (secondary N) is 1. The van der Waals surface area contributed by atoms with Crippen LogP contribution in [0.1, 0.15) is 11.1 Å². The molecule has 8 nitrogen and oxygen atoms in total. The third kappa shape index (κ3) is 4.26. The number of halogens is 1. The first-order chi connectivity index (χ1) is 17.3. The Bertz CT molecular complexity index is 1360. The number of ether oxygens (including phenoxy) is 2. The predicted octanol–water partition coefficient (Wildman–Crippen LogP) is 2.06. The second kappa shape index (κ2) is 9.62. The molecule has 1 aromatic heterocycles. The number of aliphatic hydroxyl groups is 5. The van der Waals surface area contributed by atoms with Crippen molar-refractivity contribution in [2.75, 3.05) is 6.61 Å². The number of rotatable bonds is 6. The zero-order valence-electron chi connectivity index (χ0n) is 19.1. The van der Waals surface area contributed by atoms with Gasteiger partial charge in [-0.05, 0) is 41.3 Å². The maximum atomic E-state index is 14.9.